The van der Waals surface area contributed by atoms with E-state index in [9.17, 15) is 0 Å². The van der Waals surface area contributed by atoms with Crippen molar-refractivity contribution in [3.05, 3.63) is 18.5 Å². The van der Waals surface area contributed by atoms with Gasteiger partial charge in [-0.15, -0.1) is 5.10 Å². The average Bonchev–Trinajstić information content (AvgIpc) is 2.50. The molecule has 0 aliphatic carbocycles. The second-order valence-electron chi connectivity index (χ2n) is 2.06. The van der Waals surface area contributed by atoms with Crippen molar-refractivity contribution < 1.29 is 9.15 Å². The number of hydrogen-bond acceptors (Lipinski definition) is 4. The Hall–Kier alpha value is -1.58. The summed E-state index contributed by atoms with van der Waals surface area (Å²) in [6.45, 7) is 0. The molecule has 2 aromatic heterocycles. The predicted molar refractivity (Wildman–Crippen MR) is 38.4 cm³/mol. The van der Waals surface area contributed by atoms with Gasteiger partial charge in [-0.25, -0.2) is 0 Å². The summed E-state index contributed by atoms with van der Waals surface area (Å²) in [7, 11) is 1.53. The van der Waals surface area contributed by atoms with E-state index in [1.54, 1.807) is 12.5 Å². The molecule has 0 saturated heterocycles. The molecule has 0 radical (unpaired) electrons. The number of ether oxygens (including phenoxy) is 1. The highest BCUT2D eigenvalue weighted by molar-refractivity contribution is 5.79. The second-order valence-corrected chi connectivity index (χ2v) is 2.06. The summed E-state index contributed by atoms with van der Waals surface area (Å²) in [5.74, 6) is 0.424. The lowest BCUT2D eigenvalue weighted by Crippen LogP contribution is -1.89. The maximum absolute atomic E-state index is 5.11. The van der Waals surface area contributed by atoms with Gasteiger partial charge >= 0.3 is 0 Å². The highest BCUT2D eigenvalue weighted by atomic mass is 16.5. The molecule has 0 aliphatic heterocycles. The van der Waals surface area contributed by atoms with E-state index in [0.29, 0.717) is 11.5 Å². The van der Waals surface area contributed by atoms with Crippen LogP contribution in [0.15, 0.2) is 22.9 Å². The summed E-state index contributed by atoms with van der Waals surface area (Å²) in [4.78, 5) is 0. The first-order valence-electron chi connectivity index (χ1n) is 3.14. The maximum atomic E-state index is 5.11. The molecule has 2 aromatic rings. The van der Waals surface area contributed by atoms with E-state index in [4.69, 9.17) is 9.15 Å². The quantitative estimate of drug-likeness (QED) is 0.613. The number of fused-ring (bicyclic) bond motifs is 1. The first-order chi connectivity index (χ1) is 5.42. The zero-order valence-corrected chi connectivity index (χ0v) is 5.94. The number of nitrogens with zero attached hydrogens (tertiary/aromatic N) is 2. The Morgan fingerprint density at radius 1 is 1.55 bits per heavy atom. The van der Waals surface area contributed by atoms with Crippen molar-refractivity contribution >= 4 is 11.0 Å². The van der Waals surface area contributed by atoms with Gasteiger partial charge in [-0.2, -0.15) is 5.10 Å². The normalized spacial score (nSPS) is 10.3. The molecule has 0 amide bonds. The average molecular weight is 150 g/mol. The van der Waals surface area contributed by atoms with Gasteiger partial charge in [-0.3, -0.25) is 0 Å². The van der Waals surface area contributed by atoms with Gasteiger partial charge in [0.05, 0.1) is 19.6 Å². The van der Waals surface area contributed by atoms with E-state index in [1.165, 1.54) is 7.11 Å². The summed E-state index contributed by atoms with van der Waals surface area (Å²) < 4.78 is 10.0. The summed E-state index contributed by atoms with van der Waals surface area (Å²) in [6, 6.07) is 1.81. The highest BCUT2D eigenvalue weighted by Gasteiger charge is 2.04. The first kappa shape index (κ1) is 6.15. The Bertz CT molecular complexity index is 369. The minimum Gasteiger partial charge on any atom is -0.477 e. The Kier molecular flexibility index (Phi) is 1.25. The molecule has 0 aromatic carbocycles. The molecule has 0 fully saturated rings. The molecule has 0 atom stereocenters. The molecular weight excluding hydrogens is 144 g/mol. The van der Waals surface area contributed by atoms with Crippen molar-refractivity contribution in [2.75, 3.05) is 7.11 Å². The summed E-state index contributed by atoms with van der Waals surface area (Å²) in [6.07, 6.45) is 3.21. The molecule has 56 valence electrons. The van der Waals surface area contributed by atoms with Crippen molar-refractivity contribution in [3.63, 3.8) is 0 Å². The number of hydrogen-bond donors (Lipinski definition) is 0. The standard InChI is InChI=1S/C7H6N2O2/c1-10-7-6-5(2-3-11-6)4-8-9-7/h2-4H,1H3. The van der Waals surface area contributed by atoms with Gasteiger partial charge in [0.2, 0.25) is 0 Å². The third-order valence-corrected chi connectivity index (χ3v) is 1.43. The van der Waals surface area contributed by atoms with Gasteiger partial charge in [-0.05, 0) is 6.07 Å². The van der Waals surface area contributed by atoms with Gasteiger partial charge in [0.15, 0.2) is 5.58 Å². The van der Waals surface area contributed by atoms with E-state index in [2.05, 4.69) is 10.2 Å². The van der Waals surface area contributed by atoms with Gasteiger partial charge in [0, 0.05) is 5.39 Å². The van der Waals surface area contributed by atoms with E-state index >= 15 is 0 Å². The molecule has 2 rings (SSSR count). The first-order valence-corrected chi connectivity index (χ1v) is 3.14. The van der Waals surface area contributed by atoms with Crippen molar-refractivity contribution in [3.8, 4) is 5.88 Å². The second kappa shape index (κ2) is 2.23. The number of methoxy groups -OCH3 is 1. The van der Waals surface area contributed by atoms with Crippen molar-refractivity contribution in [2.45, 2.75) is 0 Å². The van der Waals surface area contributed by atoms with Crippen LogP contribution < -0.4 is 4.74 Å². The third kappa shape index (κ3) is 0.832. The predicted octanol–water partition coefficient (Wildman–Crippen LogP) is 1.23. The lowest BCUT2D eigenvalue weighted by atomic mass is 10.4. The Labute approximate surface area is 62.8 Å². The summed E-state index contributed by atoms with van der Waals surface area (Å²) in [5, 5.41) is 8.35. The van der Waals surface area contributed by atoms with Gasteiger partial charge < -0.3 is 9.15 Å². The maximum Gasteiger partial charge on any atom is 0.277 e. The monoisotopic (exact) mass is 150 g/mol. The molecule has 0 saturated carbocycles. The van der Waals surface area contributed by atoms with Crippen LogP contribution in [0.3, 0.4) is 0 Å². The zero-order chi connectivity index (χ0) is 7.68. The zero-order valence-electron chi connectivity index (χ0n) is 5.94. The van der Waals surface area contributed by atoms with Gasteiger partial charge in [-0.1, -0.05) is 0 Å². The van der Waals surface area contributed by atoms with E-state index in [-0.39, 0.29) is 0 Å². The van der Waals surface area contributed by atoms with Crippen LogP contribution in [-0.2, 0) is 0 Å². The lowest BCUT2D eigenvalue weighted by Gasteiger charge is -1.95. The van der Waals surface area contributed by atoms with Crippen molar-refractivity contribution in [2.24, 2.45) is 0 Å². The van der Waals surface area contributed by atoms with E-state index < -0.39 is 0 Å². The fourth-order valence-corrected chi connectivity index (χ4v) is 0.917. The minimum atomic E-state index is 0.424. The molecule has 11 heavy (non-hydrogen) atoms. The molecular formula is C7H6N2O2. The van der Waals surface area contributed by atoms with Crippen molar-refractivity contribution in [1.29, 1.82) is 0 Å². The Morgan fingerprint density at radius 3 is 3.27 bits per heavy atom. The Morgan fingerprint density at radius 2 is 2.45 bits per heavy atom. The molecule has 2 heterocycles. The molecule has 4 nitrogen and oxygen atoms in total. The third-order valence-electron chi connectivity index (χ3n) is 1.43. The molecule has 0 spiro atoms. The summed E-state index contributed by atoms with van der Waals surface area (Å²) in [5.41, 5.74) is 0.641. The molecule has 0 unspecified atom stereocenters. The summed E-state index contributed by atoms with van der Waals surface area (Å²) >= 11 is 0. The number of furan rings is 1. The number of rotatable bonds is 1. The number of aromatic nitrogens is 2. The largest absolute Gasteiger partial charge is 0.477 e. The van der Waals surface area contributed by atoms with Gasteiger partial charge in [0.1, 0.15) is 0 Å². The van der Waals surface area contributed by atoms with Crippen molar-refractivity contribution in [1.82, 2.24) is 10.2 Å². The smallest absolute Gasteiger partial charge is 0.277 e. The molecule has 0 aliphatic rings. The van der Waals surface area contributed by atoms with Crippen LogP contribution in [0, 0.1) is 0 Å². The van der Waals surface area contributed by atoms with Crippen LogP contribution in [0.25, 0.3) is 11.0 Å². The lowest BCUT2D eigenvalue weighted by molar-refractivity contribution is 0.388. The van der Waals surface area contributed by atoms with Crippen LogP contribution >= 0.6 is 0 Å². The Balaban J connectivity index is 2.79. The SMILES string of the molecule is COc1nncc2ccoc12. The molecule has 0 N–H and O–H groups in total. The van der Waals surface area contributed by atoms with Gasteiger partial charge in [0.25, 0.3) is 5.88 Å². The molecule has 0 bridgehead atoms. The van der Waals surface area contributed by atoms with Crippen LogP contribution in [0.4, 0.5) is 0 Å². The van der Waals surface area contributed by atoms with Crippen LogP contribution in [0.5, 0.6) is 5.88 Å². The fraction of sp³-hybridized carbons (Fsp3) is 0.143. The fourth-order valence-electron chi connectivity index (χ4n) is 0.917. The highest BCUT2D eigenvalue weighted by Crippen LogP contribution is 2.21. The topological polar surface area (TPSA) is 48.2 Å². The van der Waals surface area contributed by atoms with Crippen LogP contribution in [0.2, 0.25) is 0 Å². The minimum absolute atomic E-state index is 0.424. The van der Waals surface area contributed by atoms with E-state index in [1.807, 2.05) is 6.07 Å². The van der Waals surface area contributed by atoms with Crippen LogP contribution in [0.1, 0.15) is 0 Å². The molecule has 4 heteroatoms. The van der Waals surface area contributed by atoms with E-state index in [0.717, 1.165) is 5.39 Å². The van der Waals surface area contributed by atoms with Crippen LogP contribution in [-0.4, -0.2) is 17.3 Å².